The van der Waals surface area contributed by atoms with Gasteiger partial charge in [0.1, 0.15) is 0 Å². The number of carbonyl (C=O) groups excluding carboxylic acids is 1. The van der Waals surface area contributed by atoms with Gasteiger partial charge in [-0.2, -0.15) is 5.10 Å². The Morgan fingerprint density at radius 1 is 1.36 bits per heavy atom. The molecule has 0 aliphatic rings. The molecule has 5 nitrogen and oxygen atoms in total. The van der Waals surface area contributed by atoms with E-state index in [1.807, 2.05) is 53.7 Å². The molecule has 0 spiro atoms. The number of hydrogen-bond acceptors (Lipinski definition) is 5. The first-order valence-electron chi connectivity index (χ1n) is 6.95. The highest BCUT2D eigenvalue weighted by Gasteiger charge is 2.02. The minimum atomic E-state index is -0.127. The van der Waals surface area contributed by atoms with E-state index < -0.39 is 0 Å². The molecule has 0 aliphatic carbocycles. The number of aliphatic hydroxyl groups is 1. The smallest absolute Gasteiger partial charge is 0.245 e. The SMILES string of the molecule is CN(CCO)c1ccc(/C=N\NC(=O)Cc2cccs2)cc1. The molecule has 1 heterocycles. The van der Waals surface area contributed by atoms with Crippen LogP contribution in [0, 0.1) is 0 Å². The summed E-state index contributed by atoms with van der Waals surface area (Å²) in [5.74, 6) is -0.127. The molecule has 0 saturated heterocycles. The van der Waals surface area contributed by atoms with Crippen molar-refractivity contribution in [3.63, 3.8) is 0 Å². The van der Waals surface area contributed by atoms with Gasteiger partial charge in [-0.25, -0.2) is 5.43 Å². The van der Waals surface area contributed by atoms with Gasteiger partial charge in [-0.05, 0) is 29.1 Å². The van der Waals surface area contributed by atoms with Crippen LogP contribution in [0.2, 0.25) is 0 Å². The third kappa shape index (κ3) is 4.98. The molecular weight excluding hydrogens is 298 g/mol. The zero-order chi connectivity index (χ0) is 15.8. The summed E-state index contributed by atoms with van der Waals surface area (Å²) in [4.78, 5) is 14.6. The van der Waals surface area contributed by atoms with Crippen molar-refractivity contribution in [2.75, 3.05) is 25.1 Å². The largest absolute Gasteiger partial charge is 0.395 e. The normalized spacial score (nSPS) is 10.8. The number of thiophene rings is 1. The van der Waals surface area contributed by atoms with Gasteiger partial charge in [-0.3, -0.25) is 4.79 Å². The first-order chi connectivity index (χ1) is 10.7. The Morgan fingerprint density at radius 3 is 2.77 bits per heavy atom. The molecule has 0 atom stereocenters. The molecule has 0 bridgehead atoms. The Balaban J connectivity index is 1.83. The van der Waals surface area contributed by atoms with Crippen molar-refractivity contribution in [3.05, 3.63) is 52.2 Å². The van der Waals surface area contributed by atoms with Crippen LogP contribution in [0.1, 0.15) is 10.4 Å². The molecule has 1 aromatic heterocycles. The molecule has 0 saturated carbocycles. The van der Waals surface area contributed by atoms with Crippen molar-refractivity contribution in [2.45, 2.75) is 6.42 Å². The summed E-state index contributed by atoms with van der Waals surface area (Å²) in [7, 11) is 1.92. The lowest BCUT2D eigenvalue weighted by molar-refractivity contribution is -0.120. The van der Waals surface area contributed by atoms with Crippen LogP contribution in [0.5, 0.6) is 0 Å². The topological polar surface area (TPSA) is 64.9 Å². The van der Waals surface area contributed by atoms with Crippen molar-refractivity contribution in [1.29, 1.82) is 0 Å². The first kappa shape index (κ1) is 16.2. The van der Waals surface area contributed by atoms with E-state index in [1.165, 1.54) is 0 Å². The molecule has 2 N–H and O–H groups in total. The second-order valence-corrected chi connectivity index (χ2v) is 5.82. The highest BCUT2D eigenvalue weighted by atomic mass is 32.1. The summed E-state index contributed by atoms with van der Waals surface area (Å²) in [6.07, 6.45) is 1.96. The molecule has 0 aliphatic heterocycles. The van der Waals surface area contributed by atoms with Crippen LogP contribution in [0.3, 0.4) is 0 Å². The maximum atomic E-state index is 11.7. The first-order valence-corrected chi connectivity index (χ1v) is 7.83. The molecule has 2 aromatic rings. The van der Waals surface area contributed by atoms with Crippen molar-refractivity contribution in [2.24, 2.45) is 5.10 Å². The summed E-state index contributed by atoms with van der Waals surface area (Å²) < 4.78 is 0. The predicted octanol–water partition coefficient (Wildman–Crippen LogP) is 1.87. The van der Waals surface area contributed by atoms with Crippen molar-refractivity contribution in [3.8, 4) is 0 Å². The van der Waals surface area contributed by atoms with Crippen molar-refractivity contribution < 1.29 is 9.90 Å². The highest BCUT2D eigenvalue weighted by Crippen LogP contribution is 2.12. The minimum Gasteiger partial charge on any atom is -0.395 e. The van der Waals surface area contributed by atoms with Crippen LogP contribution >= 0.6 is 11.3 Å². The van der Waals surface area contributed by atoms with E-state index >= 15 is 0 Å². The van der Waals surface area contributed by atoms with Crippen LogP contribution in [0.15, 0.2) is 46.9 Å². The number of benzene rings is 1. The van der Waals surface area contributed by atoms with Gasteiger partial charge in [0.05, 0.1) is 19.2 Å². The van der Waals surface area contributed by atoms with Crippen molar-refractivity contribution in [1.82, 2.24) is 5.43 Å². The van der Waals surface area contributed by atoms with Gasteiger partial charge in [-0.15, -0.1) is 11.3 Å². The molecule has 6 heteroatoms. The lowest BCUT2D eigenvalue weighted by Gasteiger charge is -2.17. The molecule has 1 amide bonds. The predicted molar refractivity (Wildman–Crippen MR) is 90.6 cm³/mol. The van der Waals surface area contributed by atoms with Crippen LogP contribution in [0.25, 0.3) is 0 Å². The molecule has 22 heavy (non-hydrogen) atoms. The number of hydrazone groups is 1. The van der Waals surface area contributed by atoms with Gasteiger partial charge in [0.25, 0.3) is 0 Å². The van der Waals surface area contributed by atoms with E-state index in [1.54, 1.807) is 17.6 Å². The number of nitrogens with one attached hydrogen (secondary N) is 1. The van der Waals surface area contributed by atoms with E-state index in [4.69, 9.17) is 5.11 Å². The van der Waals surface area contributed by atoms with Gasteiger partial charge in [0.15, 0.2) is 0 Å². The number of hydrogen-bond donors (Lipinski definition) is 2. The zero-order valence-electron chi connectivity index (χ0n) is 12.4. The minimum absolute atomic E-state index is 0.121. The summed E-state index contributed by atoms with van der Waals surface area (Å²) in [5.41, 5.74) is 4.44. The van der Waals surface area contributed by atoms with Gasteiger partial charge in [0, 0.05) is 24.2 Å². The van der Waals surface area contributed by atoms with Crippen LogP contribution in [0.4, 0.5) is 5.69 Å². The number of aliphatic hydroxyl groups excluding tert-OH is 1. The van der Waals surface area contributed by atoms with Gasteiger partial charge >= 0.3 is 0 Å². The number of likely N-dealkylation sites (N-methyl/N-ethyl adjacent to an activating group) is 1. The highest BCUT2D eigenvalue weighted by molar-refractivity contribution is 7.10. The fourth-order valence-electron chi connectivity index (χ4n) is 1.88. The Hall–Kier alpha value is -2.18. The van der Waals surface area contributed by atoms with Crippen LogP contribution in [-0.4, -0.2) is 37.4 Å². The third-order valence-electron chi connectivity index (χ3n) is 3.09. The monoisotopic (exact) mass is 317 g/mol. The van der Waals surface area contributed by atoms with Crippen molar-refractivity contribution >= 4 is 29.1 Å². The maximum absolute atomic E-state index is 11.7. The van der Waals surface area contributed by atoms with E-state index in [9.17, 15) is 4.79 Å². The number of nitrogens with zero attached hydrogens (tertiary/aromatic N) is 2. The number of carbonyl (C=O) groups is 1. The molecule has 116 valence electrons. The maximum Gasteiger partial charge on any atom is 0.245 e. The Bertz CT molecular complexity index is 609. The Morgan fingerprint density at radius 2 is 2.14 bits per heavy atom. The quantitative estimate of drug-likeness (QED) is 0.605. The summed E-state index contributed by atoms with van der Waals surface area (Å²) in [5, 5.41) is 14.8. The number of rotatable bonds is 7. The molecule has 0 radical (unpaired) electrons. The second kappa shape index (κ2) is 8.31. The molecule has 2 rings (SSSR count). The van der Waals surface area contributed by atoms with Gasteiger partial charge in [0.2, 0.25) is 5.91 Å². The lowest BCUT2D eigenvalue weighted by atomic mass is 10.2. The van der Waals surface area contributed by atoms with Gasteiger partial charge < -0.3 is 10.0 Å². The zero-order valence-corrected chi connectivity index (χ0v) is 13.2. The van der Waals surface area contributed by atoms with E-state index in [0.717, 1.165) is 16.1 Å². The van der Waals surface area contributed by atoms with E-state index in [-0.39, 0.29) is 12.5 Å². The second-order valence-electron chi connectivity index (χ2n) is 4.79. The summed E-state index contributed by atoms with van der Waals surface area (Å²) >= 11 is 1.55. The van der Waals surface area contributed by atoms with Crippen LogP contribution < -0.4 is 10.3 Å². The molecule has 1 aromatic carbocycles. The average molecular weight is 317 g/mol. The molecular formula is C16H19N3O2S. The number of amides is 1. The average Bonchev–Trinajstić information content (AvgIpc) is 3.01. The standard InChI is InChI=1S/C16H19N3O2S/c1-19(8-9-20)14-6-4-13(5-7-14)12-17-18-16(21)11-15-3-2-10-22-15/h2-7,10,12,20H,8-9,11H2,1H3,(H,18,21)/b17-12-. The fraction of sp³-hybridized carbons (Fsp3) is 0.250. The summed E-state index contributed by atoms with van der Waals surface area (Å²) in [6, 6.07) is 11.6. The third-order valence-corrected chi connectivity index (χ3v) is 3.96. The number of anilines is 1. The van der Waals surface area contributed by atoms with E-state index in [2.05, 4.69) is 10.5 Å². The fourth-order valence-corrected chi connectivity index (χ4v) is 2.59. The lowest BCUT2D eigenvalue weighted by Crippen LogP contribution is -2.21. The van der Waals surface area contributed by atoms with Gasteiger partial charge in [-0.1, -0.05) is 18.2 Å². The molecule has 0 fully saturated rings. The Labute approximate surface area is 133 Å². The van der Waals surface area contributed by atoms with E-state index in [0.29, 0.717) is 13.0 Å². The summed E-state index contributed by atoms with van der Waals surface area (Å²) in [6.45, 7) is 0.711. The van der Waals surface area contributed by atoms with Crippen LogP contribution in [-0.2, 0) is 11.2 Å². The Kier molecular flexibility index (Phi) is 6.12. The molecule has 0 unspecified atom stereocenters.